The Morgan fingerprint density at radius 1 is 1.05 bits per heavy atom. The molecule has 1 aliphatic rings. The van der Waals surface area contributed by atoms with Gasteiger partial charge in [-0.05, 0) is 18.2 Å². The van der Waals surface area contributed by atoms with Crippen LogP contribution in [0.2, 0.25) is 0 Å². The van der Waals surface area contributed by atoms with Crippen molar-refractivity contribution in [1.29, 1.82) is 0 Å². The quantitative estimate of drug-likeness (QED) is 0.911. The van der Waals surface area contributed by atoms with Crippen LogP contribution in [-0.2, 0) is 6.61 Å². The van der Waals surface area contributed by atoms with Crippen LogP contribution < -0.4 is 15.0 Å². The van der Waals surface area contributed by atoms with Gasteiger partial charge in [0, 0.05) is 38.6 Å². The number of benzene rings is 1. The average molecular weight is 270 g/mol. The van der Waals surface area contributed by atoms with Gasteiger partial charge in [-0.1, -0.05) is 12.1 Å². The molecule has 5 heteroatoms. The molecule has 1 fully saturated rings. The molecule has 0 saturated carbocycles. The second-order valence-corrected chi connectivity index (χ2v) is 4.66. The fourth-order valence-corrected chi connectivity index (χ4v) is 2.29. The predicted molar refractivity (Wildman–Crippen MR) is 77.9 cm³/mol. The third-order valence-corrected chi connectivity index (χ3v) is 3.30. The first kappa shape index (κ1) is 12.9. The topological polar surface area (TPSA) is 50.3 Å². The molecular formula is C15H18N4O. The standard InChI is InChI=1S/C15H18N4O/c1-2-5-14(20-12-15-17-6-3-7-18-15)13(4-1)19-10-8-16-9-11-19/h1-7,16H,8-12H2. The molecule has 20 heavy (non-hydrogen) atoms. The lowest BCUT2D eigenvalue weighted by molar-refractivity contribution is 0.295. The van der Waals surface area contributed by atoms with Crippen LogP contribution in [0.3, 0.4) is 0 Å². The minimum absolute atomic E-state index is 0.393. The molecule has 1 aromatic heterocycles. The van der Waals surface area contributed by atoms with E-state index in [2.05, 4.69) is 26.3 Å². The molecule has 1 saturated heterocycles. The van der Waals surface area contributed by atoms with Crippen molar-refractivity contribution in [3.05, 3.63) is 48.5 Å². The van der Waals surface area contributed by atoms with Gasteiger partial charge in [0.2, 0.25) is 0 Å². The van der Waals surface area contributed by atoms with E-state index in [1.165, 1.54) is 0 Å². The van der Waals surface area contributed by atoms with Crippen LogP contribution in [0.15, 0.2) is 42.7 Å². The first-order valence-corrected chi connectivity index (χ1v) is 6.87. The second-order valence-electron chi connectivity index (χ2n) is 4.66. The van der Waals surface area contributed by atoms with Crippen molar-refractivity contribution in [2.45, 2.75) is 6.61 Å². The normalized spacial score (nSPS) is 15.1. The molecule has 0 radical (unpaired) electrons. The minimum atomic E-state index is 0.393. The lowest BCUT2D eigenvalue weighted by Gasteiger charge is -2.30. The van der Waals surface area contributed by atoms with Crippen molar-refractivity contribution < 1.29 is 4.74 Å². The van der Waals surface area contributed by atoms with E-state index in [0.717, 1.165) is 37.6 Å². The van der Waals surface area contributed by atoms with E-state index < -0.39 is 0 Å². The minimum Gasteiger partial charge on any atom is -0.483 e. The van der Waals surface area contributed by atoms with Gasteiger partial charge < -0.3 is 15.0 Å². The summed E-state index contributed by atoms with van der Waals surface area (Å²) >= 11 is 0. The number of piperazine rings is 1. The van der Waals surface area contributed by atoms with Crippen LogP contribution in [0.1, 0.15) is 5.82 Å². The maximum Gasteiger partial charge on any atom is 0.166 e. The maximum absolute atomic E-state index is 5.89. The Bertz CT molecular complexity index is 541. The smallest absolute Gasteiger partial charge is 0.166 e. The molecule has 3 rings (SSSR count). The molecule has 0 aliphatic carbocycles. The van der Waals surface area contributed by atoms with Gasteiger partial charge in [0.1, 0.15) is 12.4 Å². The summed E-state index contributed by atoms with van der Waals surface area (Å²) in [5, 5.41) is 3.36. The molecule has 104 valence electrons. The molecular weight excluding hydrogens is 252 g/mol. The number of anilines is 1. The maximum atomic E-state index is 5.89. The highest BCUT2D eigenvalue weighted by molar-refractivity contribution is 5.58. The zero-order chi connectivity index (χ0) is 13.6. The Morgan fingerprint density at radius 2 is 1.80 bits per heavy atom. The highest BCUT2D eigenvalue weighted by atomic mass is 16.5. The van der Waals surface area contributed by atoms with E-state index in [1.54, 1.807) is 18.5 Å². The van der Waals surface area contributed by atoms with Crippen LogP contribution >= 0.6 is 0 Å². The van der Waals surface area contributed by atoms with Gasteiger partial charge in [-0.25, -0.2) is 9.97 Å². The lowest BCUT2D eigenvalue weighted by atomic mass is 10.2. The number of aromatic nitrogens is 2. The number of hydrogen-bond acceptors (Lipinski definition) is 5. The lowest BCUT2D eigenvalue weighted by Crippen LogP contribution is -2.43. The van der Waals surface area contributed by atoms with E-state index in [-0.39, 0.29) is 0 Å². The van der Waals surface area contributed by atoms with Gasteiger partial charge in [0.05, 0.1) is 5.69 Å². The number of nitrogens with zero attached hydrogens (tertiary/aromatic N) is 3. The molecule has 1 aliphatic heterocycles. The fraction of sp³-hybridized carbons (Fsp3) is 0.333. The second kappa shape index (κ2) is 6.34. The van der Waals surface area contributed by atoms with Crippen LogP contribution in [-0.4, -0.2) is 36.1 Å². The Kier molecular flexibility index (Phi) is 4.08. The SMILES string of the molecule is c1cnc(COc2ccccc2N2CCNCC2)nc1. The first-order chi connectivity index (χ1) is 9.93. The summed E-state index contributed by atoms with van der Waals surface area (Å²) in [7, 11) is 0. The van der Waals surface area contributed by atoms with Crippen LogP contribution in [0.25, 0.3) is 0 Å². The molecule has 0 spiro atoms. The third kappa shape index (κ3) is 3.05. The first-order valence-electron chi connectivity index (χ1n) is 6.87. The molecule has 0 unspecified atom stereocenters. The Labute approximate surface area is 118 Å². The summed E-state index contributed by atoms with van der Waals surface area (Å²) in [4.78, 5) is 10.7. The van der Waals surface area contributed by atoms with E-state index in [1.807, 2.05) is 18.2 Å². The summed E-state index contributed by atoms with van der Waals surface area (Å²) in [6.07, 6.45) is 3.46. The van der Waals surface area contributed by atoms with Gasteiger partial charge in [0.15, 0.2) is 5.82 Å². The number of ether oxygens (including phenoxy) is 1. The number of para-hydroxylation sites is 2. The Morgan fingerprint density at radius 3 is 2.60 bits per heavy atom. The molecule has 2 heterocycles. The van der Waals surface area contributed by atoms with Gasteiger partial charge in [-0.15, -0.1) is 0 Å². The van der Waals surface area contributed by atoms with Gasteiger partial charge in [-0.2, -0.15) is 0 Å². The summed E-state index contributed by atoms with van der Waals surface area (Å²) in [6.45, 7) is 4.42. The van der Waals surface area contributed by atoms with Crippen LogP contribution in [0.5, 0.6) is 5.75 Å². The molecule has 0 atom stereocenters. The Balaban J connectivity index is 1.72. The zero-order valence-corrected chi connectivity index (χ0v) is 11.3. The summed E-state index contributed by atoms with van der Waals surface area (Å²) in [5.41, 5.74) is 1.14. The van der Waals surface area contributed by atoms with Crippen molar-refractivity contribution >= 4 is 5.69 Å². The number of hydrogen-bond donors (Lipinski definition) is 1. The summed E-state index contributed by atoms with van der Waals surface area (Å²) < 4.78 is 5.89. The van der Waals surface area contributed by atoms with Crippen molar-refractivity contribution in [3.8, 4) is 5.75 Å². The van der Waals surface area contributed by atoms with Crippen LogP contribution in [0, 0.1) is 0 Å². The highest BCUT2D eigenvalue weighted by Crippen LogP contribution is 2.28. The summed E-state index contributed by atoms with van der Waals surface area (Å²) in [6, 6.07) is 9.95. The van der Waals surface area contributed by atoms with E-state index in [9.17, 15) is 0 Å². The van der Waals surface area contributed by atoms with Gasteiger partial charge in [0.25, 0.3) is 0 Å². The van der Waals surface area contributed by atoms with Crippen molar-refractivity contribution in [3.63, 3.8) is 0 Å². The molecule has 0 amide bonds. The van der Waals surface area contributed by atoms with Crippen molar-refractivity contribution in [2.24, 2.45) is 0 Å². The number of rotatable bonds is 4. The van der Waals surface area contributed by atoms with Crippen LogP contribution in [0.4, 0.5) is 5.69 Å². The van der Waals surface area contributed by atoms with E-state index in [0.29, 0.717) is 12.4 Å². The molecule has 5 nitrogen and oxygen atoms in total. The predicted octanol–water partition coefficient (Wildman–Crippen LogP) is 1.47. The van der Waals surface area contributed by atoms with Crippen molar-refractivity contribution in [1.82, 2.24) is 15.3 Å². The molecule has 1 aromatic carbocycles. The molecule has 2 aromatic rings. The molecule has 1 N–H and O–H groups in total. The third-order valence-electron chi connectivity index (χ3n) is 3.30. The zero-order valence-electron chi connectivity index (χ0n) is 11.3. The molecule has 0 bridgehead atoms. The van der Waals surface area contributed by atoms with Gasteiger partial charge in [-0.3, -0.25) is 0 Å². The van der Waals surface area contributed by atoms with Crippen molar-refractivity contribution in [2.75, 3.05) is 31.1 Å². The van der Waals surface area contributed by atoms with E-state index >= 15 is 0 Å². The highest BCUT2D eigenvalue weighted by Gasteiger charge is 2.14. The van der Waals surface area contributed by atoms with Gasteiger partial charge >= 0.3 is 0 Å². The Hall–Kier alpha value is -2.14. The summed E-state index contributed by atoms with van der Waals surface area (Å²) in [5.74, 6) is 1.59. The monoisotopic (exact) mass is 270 g/mol. The van der Waals surface area contributed by atoms with E-state index in [4.69, 9.17) is 4.74 Å². The average Bonchev–Trinajstić information content (AvgIpc) is 2.55. The largest absolute Gasteiger partial charge is 0.483 e. The number of nitrogens with one attached hydrogen (secondary N) is 1. The fourth-order valence-electron chi connectivity index (χ4n) is 2.29.